The van der Waals surface area contributed by atoms with E-state index in [9.17, 15) is 4.21 Å². The van der Waals surface area contributed by atoms with E-state index in [1.807, 2.05) is 6.92 Å². The van der Waals surface area contributed by atoms with Crippen LogP contribution in [0, 0.1) is 0 Å². The van der Waals surface area contributed by atoms with Crippen LogP contribution in [0.2, 0.25) is 0 Å². The van der Waals surface area contributed by atoms with Crippen LogP contribution in [-0.2, 0) is 39.3 Å². The lowest BCUT2D eigenvalue weighted by Crippen LogP contribution is -1.89. The van der Waals surface area contributed by atoms with Crippen molar-refractivity contribution in [2.75, 3.05) is 5.75 Å². The van der Waals surface area contributed by atoms with Gasteiger partial charge in [-0.3, -0.25) is 11.3 Å². The van der Waals surface area contributed by atoms with Crippen LogP contribution in [0.3, 0.4) is 0 Å². The first-order chi connectivity index (χ1) is 3.18. The number of hydrogen-bond donors (Lipinski definition) is 0. The molecule has 0 aromatic rings. The minimum atomic E-state index is -0.921. The molecule has 5 heteroatoms. The van der Waals surface area contributed by atoms with Gasteiger partial charge in [0, 0.05) is 5.75 Å². The Kier molecular flexibility index (Phi) is 4.41. The highest BCUT2D eigenvalue weighted by Crippen LogP contribution is 1.78. The minimum absolute atomic E-state index is 0.593. The summed E-state index contributed by atoms with van der Waals surface area (Å²) < 4.78 is 10.4. The zero-order valence-electron chi connectivity index (χ0n) is 3.75. The van der Waals surface area contributed by atoms with E-state index in [1.54, 1.807) is 0 Å². The van der Waals surface area contributed by atoms with Crippen LogP contribution < -0.4 is 0 Å². The molecule has 0 saturated carbocycles. The van der Waals surface area contributed by atoms with Gasteiger partial charge >= 0.3 is 0 Å². The molecule has 44 valence electrons. The molecule has 0 heterocycles. The lowest BCUT2D eigenvalue weighted by Gasteiger charge is -1.96. The van der Waals surface area contributed by atoms with E-state index in [4.69, 9.17) is 0 Å². The highest BCUT2D eigenvalue weighted by Gasteiger charge is 1.73. The topological polar surface area (TPSA) is 17.1 Å². The molecular weight excluding hydrogens is 168 g/mol. The molecule has 0 N–H and O–H groups in total. The normalized spacial score (nSPS) is 14.6. The van der Waals surface area contributed by atoms with Gasteiger partial charge in [0.25, 0.3) is 0 Å². The molecule has 0 aliphatic carbocycles. The first-order valence-electron chi connectivity index (χ1n) is 1.66. The van der Waals surface area contributed by atoms with Gasteiger partial charge in [-0.15, -0.1) is 0 Å². The van der Waals surface area contributed by atoms with Crippen molar-refractivity contribution in [2.45, 2.75) is 6.92 Å². The van der Waals surface area contributed by atoms with Crippen molar-refractivity contribution < 1.29 is 4.21 Å². The first-order valence-corrected chi connectivity index (χ1v) is 6.57. The van der Waals surface area contributed by atoms with Crippen LogP contribution >= 0.6 is 0 Å². The third-order valence-corrected chi connectivity index (χ3v) is 5.51. The molecule has 0 rings (SSSR count). The molecule has 0 aliphatic rings. The maximum atomic E-state index is 10.4. The van der Waals surface area contributed by atoms with Gasteiger partial charge in [0.05, 0.1) is 0 Å². The molecule has 0 fully saturated rings. The zero-order chi connectivity index (χ0) is 5.86. The van der Waals surface area contributed by atoms with E-state index >= 15 is 0 Å². The van der Waals surface area contributed by atoms with Gasteiger partial charge in [-0.05, 0) is 0 Å². The monoisotopic (exact) mass is 173 g/mol. The van der Waals surface area contributed by atoms with E-state index in [0.717, 1.165) is 0 Å². The molecule has 0 aromatic heterocycles. The highest BCUT2D eigenvalue weighted by atomic mass is 33.5. The van der Waals surface area contributed by atoms with Crippen LogP contribution in [0.1, 0.15) is 6.92 Å². The predicted molar refractivity (Wildman–Crippen MR) is 40.8 cm³/mol. The molecule has 1 unspecified atom stereocenters. The van der Waals surface area contributed by atoms with E-state index < -0.39 is 16.9 Å². The van der Waals surface area contributed by atoms with Crippen LogP contribution in [-0.4, -0.2) is 9.96 Å². The Labute approximate surface area is 56.2 Å². The van der Waals surface area contributed by atoms with Gasteiger partial charge in [-0.1, -0.05) is 16.8 Å². The minimum Gasteiger partial charge on any atom is -0.282 e. The van der Waals surface area contributed by atoms with Gasteiger partial charge in [-0.2, -0.15) is 0 Å². The average Bonchev–Trinajstić information content (AvgIpc) is 1.65. The van der Waals surface area contributed by atoms with Crippen molar-refractivity contribution in [3.05, 3.63) is 0 Å². The van der Waals surface area contributed by atoms with E-state index in [1.165, 1.54) is 0 Å². The molecule has 0 aromatic carbocycles. The predicted octanol–water partition coefficient (Wildman–Crippen LogP) is 0.212. The average molecular weight is 173 g/mol. The van der Waals surface area contributed by atoms with Crippen molar-refractivity contribution in [1.82, 2.24) is 0 Å². The van der Waals surface area contributed by atoms with Crippen LogP contribution in [0.4, 0.5) is 0 Å². The molecule has 0 spiro atoms. The first kappa shape index (κ1) is 7.94. The molecule has 1 atom stereocenters. The smallest absolute Gasteiger partial charge is 0.00164 e. The van der Waals surface area contributed by atoms with Crippen molar-refractivity contribution in [3.63, 3.8) is 0 Å². The second-order valence-electron chi connectivity index (χ2n) is 0.797. The standard InChI is InChI=1S/C2H5OS4/c1-2-6(3)7(4)5/h2H2,1H3/q-1. The fourth-order valence-electron chi connectivity index (χ4n) is 0.0962. The fraction of sp³-hybridized carbons (Fsp3) is 1.00. The zero-order valence-corrected chi connectivity index (χ0v) is 7.01. The number of hydrogen-bond acceptors (Lipinski definition) is 4. The second kappa shape index (κ2) is 3.88. The largest absolute Gasteiger partial charge is 0.282 e. The van der Waals surface area contributed by atoms with Gasteiger partial charge in [0.2, 0.25) is 0 Å². The quantitative estimate of drug-likeness (QED) is 0.439. The van der Waals surface area contributed by atoms with E-state index in [-0.39, 0.29) is 0 Å². The summed E-state index contributed by atoms with van der Waals surface area (Å²) in [5, 5.41) is 0. The summed E-state index contributed by atoms with van der Waals surface area (Å²) in [5.74, 6) is 0.593. The van der Waals surface area contributed by atoms with Gasteiger partial charge in [0.15, 0.2) is 0 Å². The summed E-state index contributed by atoms with van der Waals surface area (Å²) in [5.41, 5.74) is 0. The maximum Gasteiger partial charge on any atom is 0.00164 e. The Hall–Kier alpha value is 0.940. The Morgan fingerprint density at radius 3 is 2.14 bits per heavy atom. The maximum absolute atomic E-state index is 10.4. The molecule has 1 nitrogen and oxygen atoms in total. The highest BCUT2D eigenvalue weighted by molar-refractivity contribution is 8.84. The second-order valence-corrected chi connectivity index (χ2v) is 8.40. The summed E-state index contributed by atoms with van der Waals surface area (Å²) in [6.45, 7) is 1.81. The fourth-order valence-corrected chi connectivity index (χ4v) is 2.60. The van der Waals surface area contributed by atoms with Crippen LogP contribution in [0.5, 0.6) is 0 Å². The number of rotatable bonds is 2. The summed E-state index contributed by atoms with van der Waals surface area (Å²) in [7, 11) is -1.64. The Morgan fingerprint density at radius 2 is 2.14 bits per heavy atom. The summed E-state index contributed by atoms with van der Waals surface area (Å²) in [4.78, 5) is 0. The molecular formula is C2H5OS4-. The van der Waals surface area contributed by atoms with Gasteiger partial charge < -0.3 is 0 Å². The lowest BCUT2D eigenvalue weighted by atomic mass is 11.0. The van der Waals surface area contributed by atoms with Crippen molar-refractivity contribution in [2.24, 2.45) is 0 Å². The molecule has 0 saturated heterocycles. The van der Waals surface area contributed by atoms with Crippen LogP contribution in [0.25, 0.3) is 0 Å². The Bertz CT molecular complexity index is 127. The third-order valence-electron chi connectivity index (χ3n) is 0.387. The summed E-state index contributed by atoms with van der Waals surface area (Å²) >= 11 is 9.09. The third kappa shape index (κ3) is 3.52. The van der Waals surface area contributed by atoms with E-state index in [0.29, 0.717) is 5.75 Å². The summed E-state index contributed by atoms with van der Waals surface area (Å²) in [6, 6.07) is 0. The summed E-state index contributed by atoms with van der Waals surface area (Å²) in [6.07, 6.45) is 0. The van der Waals surface area contributed by atoms with Gasteiger partial charge in [-0.25, -0.2) is 22.4 Å². The van der Waals surface area contributed by atoms with E-state index in [2.05, 4.69) is 22.4 Å². The Balaban J connectivity index is 3.83. The SMILES string of the molecule is CCS(=O)[S-](=S)=S. The van der Waals surface area contributed by atoms with Gasteiger partial charge in [0.1, 0.15) is 0 Å². The van der Waals surface area contributed by atoms with Crippen molar-refractivity contribution >= 4 is 39.3 Å². The molecule has 7 heavy (non-hydrogen) atoms. The van der Waals surface area contributed by atoms with Crippen LogP contribution in [0.15, 0.2) is 0 Å². The van der Waals surface area contributed by atoms with Crippen molar-refractivity contribution in [3.8, 4) is 0 Å². The van der Waals surface area contributed by atoms with Crippen molar-refractivity contribution in [1.29, 1.82) is 0 Å². The molecule has 0 bridgehead atoms. The lowest BCUT2D eigenvalue weighted by molar-refractivity contribution is 0.692. The molecule has 0 amide bonds. The Morgan fingerprint density at radius 1 is 1.71 bits per heavy atom. The molecule has 0 aliphatic heterocycles. The molecule has 0 radical (unpaired) electrons.